The molecular formula is C14H19NO2S. The fourth-order valence-corrected chi connectivity index (χ4v) is 3.35. The summed E-state index contributed by atoms with van der Waals surface area (Å²) in [5.41, 5.74) is 6.88. The molecule has 0 aliphatic heterocycles. The van der Waals surface area contributed by atoms with E-state index in [4.69, 9.17) is 10.2 Å². The Labute approximate surface area is 110 Å². The van der Waals surface area contributed by atoms with Gasteiger partial charge in [-0.25, -0.2) is 0 Å². The summed E-state index contributed by atoms with van der Waals surface area (Å²) in [4.78, 5) is 0. The number of fused-ring (bicyclic) bond motifs is 1. The van der Waals surface area contributed by atoms with Crippen molar-refractivity contribution in [3.63, 3.8) is 0 Å². The molecule has 0 saturated carbocycles. The van der Waals surface area contributed by atoms with Gasteiger partial charge in [0.2, 0.25) is 0 Å². The molecule has 0 bridgehead atoms. The van der Waals surface area contributed by atoms with Crippen LogP contribution < -0.4 is 5.73 Å². The second kappa shape index (κ2) is 5.67. The highest BCUT2D eigenvalue weighted by Gasteiger charge is 2.15. The van der Waals surface area contributed by atoms with Gasteiger partial charge >= 0.3 is 0 Å². The van der Waals surface area contributed by atoms with Gasteiger partial charge in [-0.05, 0) is 18.1 Å². The van der Waals surface area contributed by atoms with E-state index < -0.39 is 10.8 Å². The molecule has 0 spiro atoms. The second-order valence-corrected chi connectivity index (χ2v) is 6.51. The second-order valence-electron chi connectivity index (χ2n) is 4.96. The van der Waals surface area contributed by atoms with Gasteiger partial charge in [-0.1, -0.05) is 32.0 Å². The maximum Gasteiger partial charge on any atom is 0.134 e. The molecule has 0 aliphatic carbocycles. The summed E-state index contributed by atoms with van der Waals surface area (Å²) in [5, 5.41) is 1.04. The lowest BCUT2D eigenvalue weighted by molar-refractivity contribution is 0.513. The van der Waals surface area contributed by atoms with Crippen molar-refractivity contribution < 1.29 is 8.63 Å². The van der Waals surface area contributed by atoms with Gasteiger partial charge in [0.15, 0.2) is 0 Å². The first kappa shape index (κ1) is 13.3. The number of hydrogen-bond acceptors (Lipinski definition) is 3. The normalized spacial score (nSPS) is 15.1. The van der Waals surface area contributed by atoms with Crippen molar-refractivity contribution in [2.45, 2.75) is 19.9 Å². The monoisotopic (exact) mass is 265 g/mol. The molecule has 0 radical (unpaired) electrons. The average molecular weight is 265 g/mol. The molecule has 2 unspecified atom stereocenters. The third-order valence-corrected chi connectivity index (χ3v) is 4.46. The zero-order valence-electron chi connectivity index (χ0n) is 10.8. The van der Waals surface area contributed by atoms with Crippen LogP contribution in [0.5, 0.6) is 0 Å². The van der Waals surface area contributed by atoms with Gasteiger partial charge < -0.3 is 10.2 Å². The van der Waals surface area contributed by atoms with Crippen LogP contribution in [-0.2, 0) is 10.8 Å². The number of hydrogen-bond donors (Lipinski definition) is 1. The number of para-hydroxylation sites is 1. The van der Waals surface area contributed by atoms with Crippen molar-refractivity contribution in [1.29, 1.82) is 0 Å². The third-order valence-electron chi connectivity index (χ3n) is 2.69. The minimum absolute atomic E-state index is 0.294. The van der Waals surface area contributed by atoms with Crippen LogP contribution in [0.1, 0.15) is 25.6 Å². The van der Waals surface area contributed by atoms with Crippen LogP contribution >= 0.6 is 0 Å². The molecule has 1 aromatic heterocycles. The highest BCUT2D eigenvalue weighted by atomic mass is 32.2. The van der Waals surface area contributed by atoms with Crippen molar-refractivity contribution in [3.8, 4) is 0 Å². The number of furan rings is 1. The minimum atomic E-state index is -0.887. The van der Waals surface area contributed by atoms with E-state index in [9.17, 15) is 4.21 Å². The molecule has 0 fully saturated rings. The van der Waals surface area contributed by atoms with Crippen LogP contribution in [0.3, 0.4) is 0 Å². The van der Waals surface area contributed by atoms with E-state index in [1.807, 2.05) is 30.3 Å². The maximum atomic E-state index is 11.8. The van der Waals surface area contributed by atoms with Gasteiger partial charge in [-0.2, -0.15) is 0 Å². The molecule has 98 valence electrons. The summed E-state index contributed by atoms with van der Waals surface area (Å²) in [6.45, 7) is 4.12. The van der Waals surface area contributed by atoms with E-state index in [2.05, 4.69) is 13.8 Å². The average Bonchev–Trinajstić information content (AvgIpc) is 2.71. The van der Waals surface area contributed by atoms with Crippen molar-refractivity contribution in [3.05, 3.63) is 36.1 Å². The van der Waals surface area contributed by atoms with Crippen molar-refractivity contribution in [2.75, 3.05) is 11.5 Å². The zero-order valence-corrected chi connectivity index (χ0v) is 11.6. The van der Waals surface area contributed by atoms with Gasteiger partial charge in [0, 0.05) is 27.7 Å². The molecule has 0 saturated heterocycles. The van der Waals surface area contributed by atoms with Crippen LogP contribution in [0.4, 0.5) is 0 Å². The molecule has 0 amide bonds. The maximum absolute atomic E-state index is 11.8. The van der Waals surface area contributed by atoms with Crippen LogP contribution in [0.25, 0.3) is 11.0 Å². The highest BCUT2D eigenvalue weighted by Crippen LogP contribution is 2.23. The van der Waals surface area contributed by atoms with Crippen molar-refractivity contribution in [1.82, 2.24) is 0 Å². The first-order chi connectivity index (χ1) is 8.56. The molecule has 4 heteroatoms. The topological polar surface area (TPSA) is 56.2 Å². The fraction of sp³-hybridized carbons (Fsp3) is 0.429. The van der Waals surface area contributed by atoms with Gasteiger partial charge in [0.25, 0.3) is 0 Å². The van der Waals surface area contributed by atoms with Crippen LogP contribution in [0.15, 0.2) is 34.7 Å². The summed E-state index contributed by atoms with van der Waals surface area (Å²) in [6.07, 6.45) is 0. The number of nitrogens with two attached hydrogens (primary N) is 1. The van der Waals surface area contributed by atoms with Gasteiger partial charge in [-0.3, -0.25) is 4.21 Å². The molecule has 18 heavy (non-hydrogen) atoms. The lowest BCUT2D eigenvalue weighted by atomic mass is 10.2. The molecule has 2 aromatic rings. The molecular weight excluding hydrogens is 246 g/mol. The zero-order chi connectivity index (χ0) is 13.1. The van der Waals surface area contributed by atoms with E-state index in [0.717, 1.165) is 11.0 Å². The SMILES string of the molecule is CC(C)CS(=O)CC(N)c1cc2ccccc2o1. The summed E-state index contributed by atoms with van der Waals surface area (Å²) in [6, 6.07) is 9.43. The Balaban J connectivity index is 2.08. The molecule has 0 aliphatic rings. The first-order valence-electron chi connectivity index (χ1n) is 6.15. The molecule has 2 rings (SSSR count). The fourth-order valence-electron chi connectivity index (χ4n) is 1.91. The summed E-state index contributed by atoms with van der Waals surface area (Å²) in [7, 11) is -0.887. The Morgan fingerprint density at radius 1 is 1.28 bits per heavy atom. The molecule has 2 atom stereocenters. The Morgan fingerprint density at radius 3 is 2.67 bits per heavy atom. The highest BCUT2D eigenvalue weighted by molar-refractivity contribution is 7.85. The molecule has 3 nitrogen and oxygen atoms in total. The lowest BCUT2D eigenvalue weighted by Crippen LogP contribution is -2.20. The van der Waals surface area contributed by atoms with Gasteiger partial charge in [0.1, 0.15) is 11.3 Å². The van der Waals surface area contributed by atoms with Crippen LogP contribution in [0, 0.1) is 5.92 Å². The Morgan fingerprint density at radius 2 is 2.00 bits per heavy atom. The van der Waals surface area contributed by atoms with Gasteiger partial charge in [0.05, 0.1) is 6.04 Å². The number of benzene rings is 1. The predicted molar refractivity (Wildman–Crippen MR) is 75.9 cm³/mol. The van der Waals surface area contributed by atoms with E-state index in [1.54, 1.807) is 0 Å². The Bertz CT molecular complexity index is 514. The van der Waals surface area contributed by atoms with E-state index in [1.165, 1.54) is 0 Å². The van der Waals surface area contributed by atoms with Crippen LogP contribution in [-0.4, -0.2) is 15.7 Å². The van der Waals surface area contributed by atoms with E-state index in [0.29, 0.717) is 23.2 Å². The Kier molecular flexibility index (Phi) is 4.19. The third kappa shape index (κ3) is 3.21. The van der Waals surface area contributed by atoms with Crippen molar-refractivity contribution >= 4 is 21.8 Å². The molecule has 2 N–H and O–H groups in total. The van der Waals surface area contributed by atoms with Crippen LogP contribution in [0.2, 0.25) is 0 Å². The lowest BCUT2D eigenvalue weighted by Gasteiger charge is -2.09. The Hall–Kier alpha value is -1.13. The molecule has 1 aromatic carbocycles. The quantitative estimate of drug-likeness (QED) is 0.904. The molecule has 1 heterocycles. The summed E-state index contributed by atoms with van der Waals surface area (Å²) in [5.74, 6) is 2.29. The first-order valence-corrected chi connectivity index (χ1v) is 7.64. The summed E-state index contributed by atoms with van der Waals surface area (Å²) >= 11 is 0. The van der Waals surface area contributed by atoms with Gasteiger partial charge in [-0.15, -0.1) is 0 Å². The largest absolute Gasteiger partial charge is 0.459 e. The smallest absolute Gasteiger partial charge is 0.134 e. The summed E-state index contributed by atoms with van der Waals surface area (Å²) < 4.78 is 17.5. The van der Waals surface area contributed by atoms with E-state index >= 15 is 0 Å². The minimum Gasteiger partial charge on any atom is -0.459 e. The standard InChI is InChI=1S/C14H19NO2S/c1-10(2)8-18(16)9-12(15)14-7-11-5-3-4-6-13(11)17-14/h3-7,10,12H,8-9,15H2,1-2H3. The predicted octanol–water partition coefficient (Wildman–Crippen LogP) is 2.84. The van der Waals surface area contributed by atoms with E-state index in [-0.39, 0.29) is 6.04 Å². The van der Waals surface area contributed by atoms with Crippen molar-refractivity contribution in [2.24, 2.45) is 11.7 Å². The number of rotatable bonds is 5.